The molecule has 0 N–H and O–H groups in total. The van der Waals surface area contributed by atoms with E-state index in [0.29, 0.717) is 18.7 Å². The Hall–Kier alpha value is -2.76. The molecule has 2 aromatic heterocycles. The largest absolute Gasteiger partial charge is 0.338 e. The van der Waals surface area contributed by atoms with Crippen molar-refractivity contribution in [1.82, 2.24) is 19.4 Å². The predicted molar refractivity (Wildman–Crippen MR) is 88.2 cm³/mol. The Morgan fingerprint density at radius 2 is 2.17 bits per heavy atom. The summed E-state index contributed by atoms with van der Waals surface area (Å²) in [5.74, 6) is 0.590. The van der Waals surface area contributed by atoms with Crippen molar-refractivity contribution in [3.8, 4) is 0 Å². The number of carbonyl (C=O) groups is 1. The molecular formula is C18H17FN4O. The van der Waals surface area contributed by atoms with Crippen molar-refractivity contribution < 1.29 is 9.18 Å². The fourth-order valence-corrected chi connectivity index (χ4v) is 3.37. The third kappa shape index (κ3) is 2.44. The number of carbonyl (C=O) groups excluding carboxylic acids is 1. The minimum absolute atomic E-state index is 0.131. The Bertz CT molecular complexity index is 920. The van der Waals surface area contributed by atoms with Crippen molar-refractivity contribution >= 4 is 17.1 Å². The van der Waals surface area contributed by atoms with Crippen molar-refractivity contribution in [3.63, 3.8) is 0 Å². The van der Waals surface area contributed by atoms with Crippen LogP contribution in [0.15, 0.2) is 42.6 Å². The number of halogens is 1. The highest BCUT2D eigenvalue weighted by Crippen LogP contribution is 2.29. The molecule has 24 heavy (non-hydrogen) atoms. The van der Waals surface area contributed by atoms with Gasteiger partial charge >= 0.3 is 0 Å². The highest BCUT2D eigenvalue weighted by Gasteiger charge is 2.31. The van der Waals surface area contributed by atoms with Crippen LogP contribution in [0, 0.1) is 5.82 Å². The summed E-state index contributed by atoms with van der Waals surface area (Å²) in [7, 11) is 1.95. The molecule has 0 spiro atoms. The van der Waals surface area contributed by atoms with Crippen molar-refractivity contribution in [2.45, 2.75) is 12.3 Å². The van der Waals surface area contributed by atoms with Gasteiger partial charge in [-0.1, -0.05) is 6.07 Å². The Morgan fingerprint density at radius 1 is 1.29 bits per heavy atom. The van der Waals surface area contributed by atoms with E-state index in [2.05, 4.69) is 9.97 Å². The lowest BCUT2D eigenvalue weighted by Crippen LogP contribution is -2.28. The van der Waals surface area contributed by atoms with Crippen LogP contribution in [0.4, 0.5) is 4.39 Å². The first kappa shape index (κ1) is 14.8. The molecule has 3 aromatic rings. The Morgan fingerprint density at radius 3 is 2.96 bits per heavy atom. The summed E-state index contributed by atoms with van der Waals surface area (Å²) < 4.78 is 15.3. The molecule has 0 radical (unpaired) electrons. The van der Waals surface area contributed by atoms with Gasteiger partial charge in [-0.3, -0.25) is 4.79 Å². The van der Waals surface area contributed by atoms with E-state index in [4.69, 9.17) is 0 Å². The molecule has 6 heteroatoms. The molecule has 0 saturated carbocycles. The average molecular weight is 324 g/mol. The van der Waals surface area contributed by atoms with E-state index in [1.54, 1.807) is 23.2 Å². The van der Waals surface area contributed by atoms with Gasteiger partial charge in [-0.15, -0.1) is 0 Å². The lowest BCUT2D eigenvalue weighted by molar-refractivity contribution is 0.0790. The van der Waals surface area contributed by atoms with Gasteiger partial charge in [0.2, 0.25) is 0 Å². The maximum atomic E-state index is 13.3. The van der Waals surface area contributed by atoms with Crippen LogP contribution >= 0.6 is 0 Å². The van der Waals surface area contributed by atoms with Gasteiger partial charge in [-0.2, -0.15) is 0 Å². The quantitative estimate of drug-likeness (QED) is 0.728. The maximum Gasteiger partial charge on any atom is 0.253 e. The zero-order chi connectivity index (χ0) is 16.7. The van der Waals surface area contributed by atoms with Crippen LogP contribution < -0.4 is 0 Å². The summed E-state index contributed by atoms with van der Waals surface area (Å²) in [5.41, 5.74) is 2.11. The van der Waals surface area contributed by atoms with Gasteiger partial charge in [0.15, 0.2) is 5.65 Å². The lowest BCUT2D eigenvalue weighted by atomic mass is 10.1. The summed E-state index contributed by atoms with van der Waals surface area (Å²) in [6, 6.07) is 9.65. The number of amides is 1. The van der Waals surface area contributed by atoms with Crippen molar-refractivity contribution in [2.24, 2.45) is 7.05 Å². The molecule has 1 fully saturated rings. The van der Waals surface area contributed by atoms with Gasteiger partial charge < -0.3 is 9.47 Å². The molecular weight excluding hydrogens is 307 g/mol. The fraction of sp³-hybridized carbons (Fsp3) is 0.278. The average Bonchev–Trinajstić information content (AvgIpc) is 3.20. The van der Waals surface area contributed by atoms with Crippen molar-refractivity contribution in [1.29, 1.82) is 0 Å². The molecule has 1 aliphatic rings. The molecule has 5 nitrogen and oxygen atoms in total. The number of hydrogen-bond acceptors (Lipinski definition) is 3. The number of hydrogen-bond donors (Lipinski definition) is 0. The zero-order valence-corrected chi connectivity index (χ0v) is 13.3. The minimum Gasteiger partial charge on any atom is -0.338 e. The smallest absolute Gasteiger partial charge is 0.253 e. The molecule has 1 saturated heterocycles. The highest BCUT2D eigenvalue weighted by atomic mass is 19.1. The molecule has 1 aliphatic heterocycles. The van der Waals surface area contributed by atoms with E-state index < -0.39 is 5.82 Å². The van der Waals surface area contributed by atoms with Crippen molar-refractivity contribution in [3.05, 3.63) is 59.8 Å². The predicted octanol–water partition coefficient (Wildman–Crippen LogP) is 2.74. The van der Waals surface area contributed by atoms with E-state index in [-0.39, 0.29) is 11.8 Å². The molecule has 1 unspecified atom stereocenters. The minimum atomic E-state index is -0.391. The van der Waals surface area contributed by atoms with Crippen LogP contribution in [-0.2, 0) is 7.05 Å². The van der Waals surface area contributed by atoms with Crippen molar-refractivity contribution in [2.75, 3.05) is 13.1 Å². The molecule has 3 heterocycles. The summed E-state index contributed by atoms with van der Waals surface area (Å²) >= 11 is 0. The Labute approximate surface area is 138 Å². The maximum absolute atomic E-state index is 13.3. The number of nitrogens with zero attached hydrogens (tertiary/aromatic N) is 4. The van der Waals surface area contributed by atoms with Gasteiger partial charge in [0, 0.05) is 37.8 Å². The summed E-state index contributed by atoms with van der Waals surface area (Å²) in [5, 5.41) is 0. The van der Waals surface area contributed by atoms with E-state index in [9.17, 15) is 9.18 Å². The number of fused-ring (bicyclic) bond motifs is 1. The zero-order valence-electron chi connectivity index (χ0n) is 13.3. The second-order valence-electron chi connectivity index (χ2n) is 6.12. The molecule has 4 rings (SSSR count). The van der Waals surface area contributed by atoms with Gasteiger partial charge in [-0.05, 0) is 36.8 Å². The van der Waals surface area contributed by atoms with E-state index in [1.165, 1.54) is 12.1 Å². The summed E-state index contributed by atoms with van der Waals surface area (Å²) in [4.78, 5) is 23.4. The topological polar surface area (TPSA) is 51.0 Å². The highest BCUT2D eigenvalue weighted by molar-refractivity contribution is 5.94. The number of pyridine rings is 1. The van der Waals surface area contributed by atoms with E-state index in [1.807, 2.05) is 23.7 Å². The van der Waals surface area contributed by atoms with Gasteiger partial charge in [0.25, 0.3) is 5.91 Å². The normalized spacial score (nSPS) is 17.6. The monoisotopic (exact) mass is 324 g/mol. The van der Waals surface area contributed by atoms with E-state index >= 15 is 0 Å². The summed E-state index contributed by atoms with van der Waals surface area (Å²) in [6.45, 7) is 1.24. The van der Waals surface area contributed by atoms with Crippen LogP contribution in [0.3, 0.4) is 0 Å². The lowest BCUT2D eigenvalue weighted by Gasteiger charge is -2.16. The van der Waals surface area contributed by atoms with Crippen LogP contribution in [-0.4, -0.2) is 38.4 Å². The number of aryl methyl sites for hydroxylation is 1. The first-order valence-electron chi connectivity index (χ1n) is 7.95. The van der Waals surface area contributed by atoms with E-state index in [0.717, 1.165) is 23.4 Å². The third-order valence-electron chi connectivity index (χ3n) is 4.57. The first-order valence-corrected chi connectivity index (χ1v) is 7.95. The van der Waals surface area contributed by atoms with Gasteiger partial charge in [0.05, 0.1) is 0 Å². The number of benzene rings is 1. The number of likely N-dealkylation sites (tertiary alicyclic amines) is 1. The summed E-state index contributed by atoms with van der Waals surface area (Å²) in [6.07, 6.45) is 2.60. The molecule has 0 aliphatic carbocycles. The van der Waals surface area contributed by atoms with Crippen LogP contribution in [0.5, 0.6) is 0 Å². The molecule has 0 bridgehead atoms. The second-order valence-corrected chi connectivity index (χ2v) is 6.12. The Balaban J connectivity index is 1.57. The first-order chi connectivity index (χ1) is 11.6. The Kier molecular flexibility index (Phi) is 3.52. The third-order valence-corrected chi connectivity index (χ3v) is 4.57. The molecule has 1 atom stereocenters. The number of imidazole rings is 1. The fourth-order valence-electron chi connectivity index (χ4n) is 3.37. The molecule has 122 valence electrons. The van der Waals surface area contributed by atoms with Gasteiger partial charge in [-0.25, -0.2) is 14.4 Å². The molecule has 1 aromatic carbocycles. The van der Waals surface area contributed by atoms with Crippen LogP contribution in [0.25, 0.3) is 11.2 Å². The number of rotatable bonds is 2. The standard InChI is InChI=1S/C18H17FN4O/c1-22-16(21-15-6-3-8-20-17(15)22)13-7-9-23(11-13)18(24)12-4-2-5-14(19)10-12/h2-6,8,10,13H,7,9,11H2,1H3. The van der Waals surface area contributed by atoms with Crippen LogP contribution in [0.1, 0.15) is 28.5 Å². The van der Waals surface area contributed by atoms with Gasteiger partial charge in [0.1, 0.15) is 17.2 Å². The number of aromatic nitrogens is 3. The SMILES string of the molecule is Cn1c(C2CCN(C(=O)c3cccc(F)c3)C2)nc2cccnc21. The van der Waals surface area contributed by atoms with Crippen LogP contribution in [0.2, 0.25) is 0 Å². The molecule has 1 amide bonds. The second kappa shape index (κ2) is 5.70.